The zero-order chi connectivity index (χ0) is 35.6. The number of rotatable bonds is 6. The monoisotopic (exact) mass is 683 g/mol. The molecule has 1 aliphatic rings. The molecule has 2 bridgehead atoms. The molecule has 4 aromatic rings. The lowest BCUT2D eigenvalue weighted by molar-refractivity contribution is -0.137. The van der Waals surface area contributed by atoms with Crippen molar-refractivity contribution >= 4 is 40.6 Å². The summed E-state index contributed by atoms with van der Waals surface area (Å²) in [6.07, 6.45) is 2.99. The van der Waals surface area contributed by atoms with E-state index in [2.05, 4.69) is 49.9 Å². The summed E-state index contributed by atoms with van der Waals surface area (Å²) in [6, 6.07) is 14.3. The summed E-state index contributed by atoms with van der Waals surface area (Å²) in [6.45, 7) is 6.50. The summed E-state index contributed by atoms with van der Waals surface area (Å²) in [4.78, 5) is 73.0. The lowest BCUT2D eigenvalue weighted by Crippen LogP contribution is -2.55. The SMILES string of the molecule is CC(C)Cc1nc2ccc3cc2n1CCCNC(=O)[C@@H](C)NC(=O)[C@H](Cc1ccccc1)NC(=O)CN(C(=O)Cc1ccn[nH]1)CCNC3=O. The Kier molecular flexibility index (Phi) is 12.0. The van der Waals surface area contributed by atoms with Crippen molar-refractivity contribution in [2.24, 2.45) is 5.92 Å². The van der Waals surface area contributed by atoms with E-state index in [-0.39, 0.29) is 50.2 Å². The molecule has 0 radical (unpaired) electrons. The van der Waals surface area contributed by atoms with Gasteiger partial charge in [0.25, 0.3) is 5.91 Å². The van der Waals surface area contributed by atoms with Gasteiger partial charge in [-0.3, -0.25) is 29.1 Å². The van der Waals surface area contributed by atoms with Crippen LogP contribution in [0.25, 0.3) is 11.0 Å². The van der Waals surface area contributed by atoms with E-state index in [4.69, 9.17) is 4.98 Å². The Morgan fingerprint density at radius 2 is 1.74 bits per heavy atom. The molecular formula is C36H45N9O5. The summed E-state index contributed by atoms with van der Waals surface area (Å²) in [5, 5.41) is 18.0. The number of carbonyl (C=O) groups is 5. The van der Waals surface area contributed by atoms with Crippen molar-refractivity contribution < 1.29 is 24.0 Å². The normalized spacial score (nSPS) is 18.7. The van der Waals surface area contributed by atoms with Gasteiger partial charge in [-0.25, -0.2) is 4.98 Å². The van der Waals surface area contributed by atoms with Crippen molar-refractivity contribution in [3.8, 4) is 0 Å². The number of amides is 5. The van der Waals surface area contributed by atoms with E-state index >= 15 is 0 Å². The molecule has 5 amide bonds. The van der Waals surface area contributed by atoms with Gasteiger partial charge in [-0.15, -0.1) is 0 Å². The molecule has 5 N–H and O–H groups in total. The number of aromatic nitrogens is 4. The molecule has 5 rings (SSSR count). The van der Waals surface area contributed by atoms with Crippen molar-refractivity contribution in [2.45, 2.75) is 65.1 Å². The highest BCUT2D eigenvalue weighted by molar-refractivity contribution is 5.97. The Morgan fingerprint density at radius 1 is 0.940 bits per heavy atom. The first-order valence-electron chi connectivity index (χ1n) is 17.0. The van der Waals surface area contributed by atoms with Gasteiger partial charge in [0.1, 0.15) is 17.9 Å². The van der Waals surface area contributed by atoms with Crippen LogP contribution in [0.3, 0.4) is 0 Å². The molecule has 264 valence electrons. The fourth-order valence-electron chi connectivity index (χ4n) is 5.89. The third kappa shape index (κ3) is 9.55. The van der Waals surface area contributed by atoms with Gasteiger partial charge in [0, 0.05) is 56.5 Å². The maximum atomic E-state index is 13.5. The van der Waals surface area contributed by atoms with Gasteiger partial charge in [0.15, 0.2) is 0 Å². The first-order chi connectivity index (χ1) is 24.1. The van der Waals surface area contributed by atoms with Crippen LogP contribution in [0.1, 0.15) is 54.6 Å². The van der Waals surface area contributed by atoms with E-state index in [0.717, 1.165) is 28.8 Å². The number of benzene rings is 2. The molecule has 2 atom stereocenters. The van der Waals surface area contributed by atoms with E-state index in [1.807, 2.05) is 42.5 Å². The van der Waals surface area contributed by atoms with Gasteiger partial charge in [-0.1, -0.05) is 44.2 Å². The maximum Gasteiger partial charge on any atom is 0.251 e. The number of carbonyl (C=O) groups excluding carboxylic acids is 5. The second-order valence-electron chi connectivity index (χ2n) is 13.0. The number of H-pyrrole nitrogens is 1. The second-order valence-corrected chi connectivity index (χ2v) is 13.0. The average molecular weight is 684 g/mol. The average Bonchev–Trinajstić information content (AvgIpc) is 3.72. The van der Waals surface area contributed by atoms with Crippen LogP contribution < -0.4 is 21.3 Å². The Labute approximate surface area is 290 Å². The largest absolute Gasteiger partial charge is 0.354 e. The van der Waals surface area contributed by atoms with Gasteiger partial charge in [-0.05, 0) is 49.1 Å². The van der Waals surface area contributed by atoms with E-state index in [1.165, 1.54) is 11.1 Å². The van der Waals surface area contributed by atoms with Crippen molar-refractivity contribution in [1.29, 1.82) is 0 Å². The van der Waals surface area contributed by atoms with Gasteiger partial charge < -0.3 is 30.7 Å². The van der Waals surface area contributed by atoms with Crippen LogP contribution in [0.15, 0.2) is 60.8 Å². The minimum absolute atomic E-state index is 0.0393. The highest BCUT2D eigenvalue weighted by atomic mass is 16.2. The quantitative estimate of drug-likeness (QED) is 0.204. The Hall–Kier alpha value is -5.53. The maximum absolute atomic E-state index is 13.5. The topological polar surface area (TPSA) is 183 Å². The molecule has 3 heterocycles. The molecule has 50 heavy (non-hydrogen) atoms. The third-order valence-electron chi connectivity index (χ3n) is 8.48. The minimum Gasteiger partial charge on any atom is -0.354 e. The molecule has 0 aliphatic carbocycles. The molecule has 2 aromatic heterocycles. The number of nitrogens with one attached hydrogen (secondary N) is 5. The fraction of sp³-hybridized carbons (Fsp3) is 0.417. The second kappa shape index (κ2) is 16.7. The van der Waals surface area contributed by atoms with E-state index < -0.39 is 23.9 Å². The fourth-order valence-corrected chi connectivity index (χ4v) is 5.89. The number of fused-ring (bicyclic) bond motifs is 1. The lowest BCUT2D eigenvalue weighted by Gasteiger charge is -2.25. The summed E-state index contributed by atoms with van der Waals surface area (Å²) >= 11 is 0. The summed E-state index contributed by atoms with van der Waals surface area (Å²) in [7, 11) is 0. The number of hydrogen-bond acceptors (Lipinski definition) is 7. The Balaban J connectivity index is 1.42. The van der Waals surface area contributed by atoms with Gasteiger partial charge in [0.2, 0.25) is 23.6 Å². The smallest absolute Gasteiger partial charge is 0.251 e. The number of imidazole rings is 1. The molecule has 14 heteroatoms. The van der Waals surface area contributed by atoms with Gasteiger partial charge in [-0.2, -0.15) is 5.10 Å². The van der Waals surface area contributed by atoms with E-state index in [1.54, 1.807) is 19.1 Å². The number of aromatic amines is 1. The van der Waals surface area contributed by atoms with Gasteiger partial charge in [0.05, 0.1) is 24.0 Å². The van der Waals surface area contributed by atoms with Crippen LogP contribution in [0.5, 0.6) is 0 Å². The van der Waals surface area contributed by atoms with Crippen molar-refractivity contribution in [3.05, 3.63) is 83.4 Å². The van der Waals surface area contributed by atoms with Crippen LogP contribution in [0.2, 0.25) is 0 Å². The zero-order valence-electron chi connectivity index (χ0n) is 28.7. The van der Waals surface area contributed by atoms with Crippen LogP contribution in [0.4, 0.5) is 0 Å². The molecule has 0 saturated heterocycles. The van der Waals surface area contributed by atoms with Crippen LogP contribution in [-0.2, 0) is 45.0 Å². The molecule has 0 fully saturated rings. The third-order valence-corrected chi connectivity index (χ3v) is 8.48. The molecule has 2 aromatic carbocycles. The van der Waals surface area contributed by atoms with Crippen molar-refractivity contribution in [1.82, 2.24) is 45.9 Å². The summed E-state index contributed by atoms with van der Waals surface area (Å²) in [5.41, 5.74) is 3.38. The molecule has 14 nitrogen and oxygen atoms in total. The number of aryl methyl sites for hydroxylation is 1. The lowest BCUT2D eigenvalue weighted by atomic mass is 10.0. The van der Waals surface area contributed by atoms with Gasteiger partial charge >= 0.3 is 0 Å². The molecule has 1 aliphatic heterocycles. The Morgan fingerprint density at radius 3 is 2.48 bits per heavy atom. The molecular weight excluding hydrogens is 638 g/mol. The zero-order valence-corrected chi connectivity index (χ0v) is 28.7. The van der Waals surface area contributed by atoms with Crippen molar-refractivity contribution in [2.75, 3.05) is 26.2 Å². The highest BCUT2D eigenvalue weighted by Gasteiger charge is 2.27. The highest BCUT2D eigenvalue weighted by Crippen LogP contribution is 2.21. The predicted octanol–water partition coefficient (Wildman–Crippen LogP) is 1.51. The van der Waals surface area contributed by atoms with E-state index in [0.29, 0.717) is 36.7 Å². The minimum atomic E-state index is -1.02. The molecule has 0 unspecified atom stereocenters. The summed E-state index contributed by atoms with van der Waals surface area (Å²) in [5.74, 6) is -0.906. The first kappa shape index (κ1) is 35.8. The van der Waals surface area contributed by atoms with E-state index in [9.17, 15) is 24.0 Å². The standard InChI is InChI=1S/C36H45N9O5/c1-23(2)18-31-41-28-11-10-26-20-30(28)45(31)16-7-13-37-34(48)24(3)40-36(50)29(19-25-8-5-4-6-9-25)42-32(46)22-44(17-15-38-35(26)49)33(47)21-27-12-14-39-43-27/h4-6,8-12,14,20,23-24,29H,7,13,15-19,21-22H2,1-3H3,(H,37,48)(H,38,49)(H,39,43)(H,40,50)(H,42,46)/t24-,29+/m1/s1. The summed E-state index contributed by atoms with van der Waals surface area (Å²) < 4.78 is 2.09. The first-order valence-corrected chi connectivity index (χ1v) is 17.0. The van der Waals surface area contributed by atoms with Crippen LogP contribution in [0, 0.1) is 5.92 Å². The van der Waals surface area contributed by atoms with Crippen molar-refractivity contribution in [3.63, 3.8) is 0 Å². The number of hydrogen-bond donors (Lipinski definition) is 5. The Bertz CT molecular complexity index is 1800. The van der Waals surface area contributed by atoms with Crippen LogP contribution in [-0.4, -0.2) is 92.4 Å². The molecule has 0 saturated carbocycles. The molecule has 0 spiro atoms. The van der Waals surface area contributed by atoms with Crippen LogP contribution >= 0.6 is 0 Å². The number of nitrogens with zero attached hydrogens (tertiary/aromatic N) is 4. The predicted molar refractivity (Wildman–Crippen MR) is 187 cm³/mol.